The van der Waals surface area contributed by atoms with Gasteiger partial charge in [-0.25, -0.2) is 0 Å². The maximum absolute atomic E-state index is 12.8. The predicted octanol–water partition coefficient (Wildman–Crippen LogP) is 4.40. The monoisotopic (exact) mass is 390 g/mol. The fourth-order valence-corrected chi connectivity index (χ4v) is 3.93. The van der Waals surface area contributed by atoms with Gasteiger partial charge >= 0.3 is 0 Å². The summed E-state index contributed by atoms with van der Waals surface area (Å²) >= 11 is 12.9. The Balaban J connectivity index is 1.68. The maximum atomic E-state index is 12.8. The minimum atomic E-state index is -0.124. The lowest BCUT2D eigenvalue weighted by molar-refractivity contribution is 0.103. The molecular weight excluding hydrogens is 367 g/mol. The average molecular weight is 391 g/mol. The van der Waals surface area contributed by atoms with Crippen LogP contribution in [0.2, 0.25) is 10.0 Å². The summed E-state index contributed by atoms with van der Waals surface area (Å²) in [6.45, 7) is 5.52. The third kappa shape index (κ3) is 4.66. The highest BCUT2D eigenvalue weighted by atomic mass is 35.5. The number of ketones is 1. The zero-order valence-corrected chi connectivity index (χ0v) is 16.6. The van der Waals surface area contributed by atoms with Crippen molar-refractivity contribution in [1.82, 2.24) is 9.80 Å². The number of likely N-dealkylation sites (N-methyl/N-ethyl adjacent to an activating group) is 1. The SMILES string of the molecule is CN1CCN(CCCc2ccc(Cl)c(C(=O)c3ccccc3)c2Cl)CC1. The molecule has 138 valence electrons. The van der Waals surface area contributed by atoms with E-state index < -0.39 is 0 Å². The van der Waals surface area contributed by atoms with Crippen LogP contribution >= 0.6 is 23.2 Å². The minimum absolute atomic E-state index is 0.124. The molecule has 3 rings (SSSR count). The summed E-state index contributed by atoms with van der Waals surface area (Å²) in [4.78, 5) is 17.7. The van der Waals surface area contributed by atoms with Gasteiger partial charge in [-0.1, -0.05) is 59.6 Å². The fraction of sp³-hybridized carbons (Fsp3) is 0.381. The highest BCUT2D eigenvalue weighted by Crippen LogP contribution is 2.31. The molecule has 5 heteroatoms. The molecule has 1 aliphatic rings. The van der Waals surface area contributed by atoms with E-state index in [1.54, 1.807) is 18.2 Å². The summed E-state index contributed by atoms with van der Waals surface area (Å²) in [5.41, 5.74) is 2.01. The van der Waals surface area contributed by atoms with E-state index in [-0.39, 0.29) is 5.78 Å². The van der Waals surface area contributed by atoms with Gasteiger partial charge < -0.3 is 9.80 Å². The molecule has 0 radical (unpaired) electrons. The van der Waals surface area contributed by atoms with E-state index >= 15 is 0 Å². The van der Waals surface area contributed by atoms with Gasteiger partial charge in [0.15, 0.2) is 5.78 Å². The second-order valence-corrected chi connectivity index (χ2v) is 7.62. The molecule has 2 aromatic rings. The highest BCUT2D eigenvalue weighted by Gasteiger charge is 2.19. The quantitative estimate of drug-likeness (QED) is 0.682. The number of aryl methyl sites for hydroxylation is 1. The highest BCUT2D eigenvalue weighted by molar-refractivity contribution is 6.41. The Morgan fingerprint density at radius 1 is 1.00 bits per heavy atom. The van der Waals surface area contributed by atoms with Gasteiger partial charge in [0, 0.05) is 31.7 Å². The molecule has 0 atom stereocenters. The van der Waals surface area contributed by atoms with E-state index in [0.717, 1.165) is 51.1 Å². The molecule has 0 aromatic heterocycles. The summed E-state index contributed by atoms with van der Waals surface area (Å²) in [6.07, 6.45) is 1.86. The van der Waals surface area contributed by atoms with Crippen LogP contribution in [-0.2, 0) is 6.42 Å². The third-order valence-corrected chi connectivity index (χ3v) is 5.70. The van der Waals surface area contributed by atoms with Gasteiger partial charge in [-0.15, -0.1) is 0 Å². The molecule has 1 saturated heterocycles. The van der Waals surface area contributed by atoms with E-state index in [1.165, 1.54) is 0 Å². The van der Waals surface area contributed by atoms with Crippen LogP contribution in [0.4, 0.5) is 0 Å². The van der Waals surface area contributed by atoms with Crippen LogP contribution in [0.15, 0.2) is 42.5 Å². The van der Waals surface area contributed by atoms with Crippen molar-refractivity contribution in [3.05, 3.63) is 69.2 Å². The number of rotatable bonds is 6. The summed E-state index contributed by atoms with van der Waals surface area (Å²) in [6, 6.07) is 12.9. The van der Waals surface area contributed by atoms with Gasteiger partial charge in [0.25, 0.3) is 0 Å². The normalized spacial score (nSPS) is 16.0. The lowest BCUT2D eigenvalue weighted by Crippen LogP contribution is -2.44. The standard InChI is InChI=1S/C21H24Cl2N2O/c1-24-12-14-25(15-13-24)11-5-8-16-9-10-18(22)19(20(16)23)21(26)17-6-3-2-4-7-17/h2-4,6-7,9-10H,5,8,11-15H2,1H3. The van der Waals surface area contributed by atoms with Crippen molar-refractivity contribution in [3.8, 4) is 0 Å². The second kappa shape index (κ2) is 9.01. The molecule has 26 heavy (non-hydrogen) atoms. The zero-order valence-electron chi connectivity index (χ0n) is 15.0. The number of nitrogens with zero attached hydrogens (tertiary/aromatic N) is 2. The number of hydrogen-bond donors (Lipinski definition) is 0. The lowest BCUT2D eigenvalue weighted by Gasteiger charge is -2.32. The van der Waals surface area contributed by atoms with E-state index in [4.69, 9.17) is 23.2 Å². The average Bonchev–Trinajstić information content (AvgIpc) is 2.66. The Hall–Kier alpha value is -1.39. The first-order valence-electron chi connectivity index (χ1n) is 9.04. The Bertz CT molecular complexity index is 756. The van der Waals surface area contributed by atoms with Crippen LogP contribution in [0.25, 0.3) is 0 Å². The maximum Gasteiger partial charge on any atom is 0.196 e. The number of halogens is 2. The molecule has 0 spiro atoms. The number of carbonyl (C=O) groups excluding carboxylic acids is 1. The van der Waals surface area contributed by atoms with Crippen molar-refractivity contribution in [1.29, 1.82) is 0 Å². The van der Waals surface area contributed by atoms with Crippen molar-refractivity contribution < 1.29 is 4.79 Å². The molecule has 0 unspecified atom stereocenters. The third-order valence-electron chi connectivity index (χ3n) is 4.95. The summed E-state index contributed by atoms with van der Waals surface area (Å²) in [7, 11) is 2.16. The van der Waals surface area contributed by atoms with Crippen LogP contribution in [0.5, 0.6) is 0 Å². The van der Waals surface area contributed by atoms with E-state index in [1.807, 2.05) is 24.3 Å². The molecule has 2 aromatic carbocycles. The molecule has 0 aliphatic carbocycles. The molecular formula is C21H24Cl2N2O. The molecule has 3 nitrogen and oxygen atoms in total. The number of hydrogen-bond acceptors (Lipinski definition) is 3. The first-order valence-corrected chi connectivity index (χ1v) is 9.79. The van der Waals surface area contributed by atoms with E-state index in [0.29, 0.717) is 21.2 Å². The first kappa shape index (κ1) is 19.4. The Morgan fingerprint density at radius 2 is 1.69 bits per heavy atom. The summed E-state index contributed by atoms with van der Waals surface area (Å²) in [5, 5.41) is 0.899. The number of benzene rings is 2. The van der Waals surface area contributed by atoms with Gasteiger partial charge in [-0.3, -0.25) is 4.79 Å². The van der Waals surface area contributed by atoms with Crippen LogP contribution in [0, 0.1) is 0 Å². The number of carbonyl (C=O) groups is 1. The largest absolute Gasteiger partial charge is 0.304 e. The molecule has 1 fully saturated rings. The number of piperazine rings is 1. The van der Waals surface area contributed by atoms with E-state index in [2.05, 4.69) is 16.8 Å². The molecule has 1 heterocycles. The first-order chi connectivity index (χ1) is 12.6. The van der Waals surface area contributed by atoms with Crippen LogP contribution in [0.1, 0.15) is 27.9 Å². The molecule has 0 N–H and O–H groups in total. The molecule has 0 saturated carbocycles. The Morgan fingerprint density at radius 3 is 2.38 bits per heavy atom. The minimum Gasteiger partial charge on any atom is -0.304 e. The lowest BCUT2D eigenvalue weighted by atomic mass is 9.99. The van der Waals surface area contributed by atoms with Crippen LogP contribution in [0.3, 0.4) is 0 Å². The summed E-state index contributed by atoms with van der Waals surface area (Å²) in [5.74, 6) is -0.124. The Labute approximate surface area is 165 Å². The van der Waals surface area contributed by atoms with Crippen molar-refractivity contribution in [2.24, 2.45) is 0 Å². The van der Waals surface area contributed by atoms with Crippen molar-refractivity contribution in [3.63, 3.8) is 0 Å². The zero-order chi connectivity index (χ0) is 18.5. The van der Waals surface area contributed by atoms with Crippen molar-refractivity contribution in [2.45, 2.75) is 12.8 Å². The smallest absolute Gasteiger partial charge is 0.196 e. The molecule has 0 bridgehead atoms. The van der Waals surface area contributed by atoms with Gasteiger partial charge in [0.1, 0.15) is 0 Å². The van der Waals surface area contributed by atoms with E-state index in [9.17, 15) is 4.79 Å². The topological polar surface area (TPSA) is 23.6 Å². The second-order valence-electron chi connectivity index (χ2n) is 6.84. The Kier molecular flexibility index (Phi) is 6.71. The van der Waals surface area contributed by atoms with Gasteiger partial charge in [0.05, 0.1) is 15.6 Å². The fourth-order valence-electron chi connectivity index (χ4n) is 3.30. The van der Waals surface area contributed by atoms with Gasteiger partial charge in [-0.05, 0) is 38.1 Å². The summed E-state index contributed by atoms with van der Waals surface area (Å²) < 4.78 is 0. The van der Waals surface area contributed by atoms with Gasteiger partial charge in [-0.2, -0.15) is 0 Å². The molecule has 0 amide bonds. The van der Waals surface area contributed by atoms with Crippen molar-refractivity contribution in [2.75, 3.05) is 39.8 Å². The van der Waals surface area contributed by atoms with Crippen molar-refractivity contribution >= 4 is 29.0 Å². The van der Waals surface area contributed by atoms with Crippen LogP contribution in [-0.4, -0.2) is 55.4 Å². The van der Waals surface area contributed by atoms with Crippen LogP contribution < -0.4 is 0 Å². The predicted molar refractivity (Wildman–Crippen MR) is 109 cm³/mol. The van der Waals surface area contributed by atoms with Gasteiger partial charge in [0.2, 0.25) is 0 Å². The molecule has 1 aliphatic heterocycles.